The van der Waals surface area contributed by atoms with E-state index in [1.165, 1.54) is 34.6 Å². The highest BCUT2D eigenvalue weighted by molar-refractivity contribution is 7.14. The van der Waals surface area contributed by atoms with Crippen molar-refractivity contribution >= 4 is 23.2 Å². The van der Waals surface area contributed by atoms with Gasteiger partial charge in [-0.25, -0.2) is 4.79 Å². The average Bonchev–Trinajstić information content (AvgIpc) is 3.08. The maximum Gasteiger partial charge on any atom is 0.348 e. The Morgan fingerprint density at radius 3 is 2.86 bits per heavy atom. The van der Waals surface area contributed by atoms with Crippen LogP contribution in [0.2, 0.25) is 0 Å². The SMILES string of the molecule is C[C@H]1CCCC[C@@H]1NC(=O)COC(=O)c1cc2c(s1)CCC2. The van der Waals surface area contributed by atoms with Gasteiger partial charge in [-0.2, -0.15) is 0 Å². The van der Waals surface area contributed by atoms with Crippen molar-refractivity contribution in [1.82, 2.24) is 5.32 Å². The Bertz CT molecular complexity index is 545. The molecular formula is C17H23NO3S. The van der Waals surface area contributed by atoms with Crippen molar-refractivity contribution in [2.45, 2.75) is 57.9 Å². The number of fused-ring (bicyclic) bond motifs is 1. The molecule has 0 saturated heterocycles. The van der Waals surface area contributed by atoms with Gasteiger partial charge in [-0.3, -0.25) is 4.79 Å². The number of hydrogen-bond acceptors (Lipinski definition) is 4. The third-order valence-electron chi connectivity index (χ3n) is 4.74. The molecule has 5 heteroatoms. The van der Waals surface area contributed by atoms with Crippen LogP contribution in [-0.2, 0) is 22.4 Å². The van der Waals surface area contributed by atoms with E-state index in [9.17, 15) is 9.59 Å². The lowest BCUT2D eigenvalue weighted by molar-refractivity contribution is -0.125. The molecule has 22 heavy (non-hydrogen) atoms. The molecule has 0 spiro atoms. The molecule has 4 nitrogen and oxygen atoms in total. The fraction of sp³-hybridized carbons (Fsp3) is 0.647. The van der Waals surface area contributed by atoms with Crippen LogP contribution < -0.4 is 5.32 Å². The van der Waals surface area contributed by atoms with E-state index in [-0.39, 0.29) is 24.5 Å². The van der Waals surface area contributed by atoms with Crippen LogP contribution in [0.15, 0.2) is 6.07 Å². The molecule has 1 N–H and O–H groups in total. The minimum absolute atomic E-state index is 0.176. The molecule has 2 aliphatic carbocycles. The molecule has 1 saturated carbocycles. The van der Waals surface area contributed by atoms with Crippen molar-refractivity contribution in [3.8, 4) is 0 Å². The highest BCUT2D eigenvalue weighted by Crippen LogP contribution is 2.31. The number of nitrogens with one attached hydrogen (secondary N) is 1. The predicted molar refractivity (Wildman–Crippen MR) is 86.2 cm³/mol. The van der Waals surface area contributed by atoms with E-state index in [0.29, 0.717) is 10.8 Å². The van der Waals surface area contributed by atoms with Gasteiger partial charge in [0.25, 0.3) is 5.91 Å². The number of hydrogen-bond donors (Lipinski definition) is 1. The monoisotopic (exact) mass is 321 g/mol. The zero-order valence-corrected chi connectivity index (χ0v) is 13.8. The predicted octanol–water partition coefficient (Wildman–Crippen LogP) is 3.09. The maximum atomic E-state index is 12.0. The molecule has 0 radical (unpaired) electrons. The van der Waals surface area contributed by atoms with Gasteiger partial charge in [-0.1, -0.05) is 19.8 Å². The highest BCUT2D eigenvalue weighted by Gasteiger charge is 2.24. The van der Waals surface area contributed by atoms with Crippen LogP contribution in [-0.4, -0.2) is 24.5 Å². The highest BCUT2D eigenvalue weighted by atomic mass is 32.1. The number of thiophene rings is 1. The second-order valence-electron chi connectivity index (χ2n) is 6.42. The number of esters is 1. The lowest BCUT2D eigenvalue weighted by Crippen LogP contribution is -2.42. The molecule has 2 atom stereocenters. The van der Waals surface area contributed by atoms with Crippen molar-refractivity contribution in [2.24, 2.45) is 5.92 Å². The summed E-state index contributed by atoms with van der Waals surface area (Å²) in [6.45, 7) is 1.99. The normalized spacial score (nSPS) is 23.9. The van der Waals surface area contributed by atoms with Crippen molar-refractivity contribution < 1.29 is 14.3 Å². The number of amides is 1. The van der Waals surface area contributed by atoms with Crippen molar-refractivity contribution in [3.63, 3.8) is 0 Å². The summed E-state index contributed by atoms with van der Waals surface area (Å²) in [6.07, 6.45) is 7.89. The van der Waals surface area contributed by atoms with Crippen LogP contribution in [0.3, 0.4) is 0 Å². The van der Waals surface area contributed by atoms with Crippen molar-refractivity contribution in [1.29, 1.82) is 0 Å². The molecule has 2 aliphatic rings. The molecule has 3 rings (SSSR count). The van der Waals surface area contributed by atoms with Gasteiger partial charge in [0.2, 0.25) is 0 Å². The maximum absolute atomic E-state index is 12.0. The van der Waals surface area contributed by atoms with Gasteiger partial charge in [-0.15, -0.1) is 11.3 Å². The Kier molecular flexibility index (Phi) is 4.81. The number of carbonyl (C=O) groups excluding carboxylic acids is 2. The van der Waals surface area contributed by atoms with Crippen molar-refractivity contribution in [3.05, 3.63) is 21.4 Å². The van der Waals surface area contributed by atoms with Gasteiger partial charge in [0.05, 0.1) is 0 Å². The van der Waals surface area contributed by atoms with Gasteiger partial charge in [0.15, 0.2) is 6.61 Å². The number of carbonyl (C=O) groups is 2. The van der Waals surface area contributed by atoms with Crippen molar-refractivity contribution in [2.75, 3.05) is 6.61 Å². The third kappa shape index (κ3) is 3.51. The largest absolute Gasteiger partial charge is 0.451 e. The number of ether oxygens (including phenoxy) is 1. The van der Waals surface area contributed by atoms with Gasteiger partial charge in [0.1, 0.15) is 4.88 Å². The summed E-state index contributed by atoms with van der Waals surface area (Å²) in [5.74, 6) is -0.0453. The molecule has 0 aliphatic heterocycles. The Morgan fingerprint density at radius 2 is 2.09 bits per heavy atom. The summed E-state index contributed by atoms with van der Waals surface area (Å²) in [5.41, 5.74) is 1.28. The zero-order valence-electron chi connectivity index (χ0n) is 13.0. The van der Waals surface area contributed by atoms with Gasteiger partial charge in [0, 0.05) is 10.9 Å². The molecule has 1 fully saturated rings. The average molecular weight is 321 g/mol. The van der Waals surface area contributed by atoms with Crippen LogP contribution in [0.5, 0.6) is 0 Å². The summed E-state index contributed by atoms with van der Waals surface area (Å²) >= 11 is 1.51. The molecule has 1 aromatic heterocycles. The first kappa shape index (κ1) is 15.5. The second-order valence-corrected chi connectivity index (χ2v) is 7.56. The fourth-order valence-corrected chi connectivity index (χ4v) is 4.56. The topological polar surface area (TPSA) is 55.4 Å². The molecule has 0 bridgehead atoms. The summed E-state index contributed by atoms with van der Waals surface area (Å²) in [5, 5.41) is 3.00. The Balaban J connectivity index is 1.46. The number of rotatable bonds is 4. The molecule has 1 aromatic rings. The first-order chi connectivity index (χ1) is 10.6. The minimum Gasteiger partial charge on any atom is -0.451 e. The zero-order chi connectivity index (χ0) is 15.5. The summed E-state index contributed by atoms with van der Waals surface area (Å²) < 4.78 is 5.16. The first-order valence-electron chi connectivity index (χ1n) is 8.21. The Labute approximate surface area is 135 Å². The fourth-order valence-electron chi connectivity index (χ4n) is 3.41. The number of aryl methyl sites for hydroxylation is 2. The summed E-state index contributed by atoms with van der Waals surface area (Å²) in [6, 6.07) is 2.15. The smallest absolute Gasteiger partial charge is 0.348 e. The molecule has 0 aromatic carbocycles. The quantitative estimate of drug-likeness (QED) is 0.867. The van der Waals surface area contributed by atoms with E-state index in [1.54, 1.807) is 0 Å². The van der Waals surface area contributed by atoms with Crippen LogP contribution in [0.25, 0.3) is 0 Å². The lowest BCUT2D eigenvalue weighted by atomic mass is 9.86. The van der Waals surface area contributed by atoms with E-state index < -0.39 is 0 Å². The molecule has 0 unspecified atom stereocenters. The van der Waals surface area contributed by atoms with Crippen LogP contribution in [0.1, 0.15) is 59.1 Å². The Morgan fingerprint density at radius 1 is 1.27 bits per heavy atom. The van der Waals surface area contributed by atoms with Gasteiger partial charge < -0.3 is 10.1 Å². The van der Waals surface area contributed by atoms with E-state index in [0.717, 1.165) is 32.1 Å². The van der Waals surface area contributed by atoms with E-state index >= 15 is 0 Å². The summed E-state index contributed by atoms with van der Waals surface area (Å²) in [7, 11) is 0. The standard InChI is InChI=1S/C17H23NO3S/c1-11-5-2-3-7-13(11)18-16(19)10-21-17(20)15-9-12-6-4-8-14(12)22-15/h9,11,13H,2-8,10H2,1H3,(H,18,19)/t11-,13-/m0/s1. The van der Waals surface area contributed by atoms with E-state index in [1.807, 2.05) is 6.07 Å². The van der Waals surface area contributed by atoms with Gasteiger partial charge >= 0.3 is 5.97 Å². The molecule has 1 heterocycles. The van der Waals surface area contributed by atoms with E-state index in [4.69, 9.17) is 4.74 Å². The third-order valence-corrected chi connectivity index (χ3v) is 5.96. The minimum atomic E-state index is -0.369. The van der Waals surface area contributed by atoms with Gasteiger partial charge in [-0.05, 0) is 49.7 Å². The first-order valence-corrected chi connectivity index (χ1v) is 9.03. The lowest BCUT2D eigenvalue weighted by Gasteiger charge is -2.29. The Hall–Kier alpha value is -1.36. The molecule has 1 amide bonds. The molecular weight excluding hydrogens is 298 g/mol. The van der Waals surface area contributed by atoms with Crippen LogP contribution >= 0.6 is 11.3 Å². The van der Waals surface area contributed by atoms with E-state index in [2.05, 4.69) is 12.2 Å². The molecule has 120 valence electrons. The second kappa shape index (κ2) is 6.82. The van der Waals surface area contributed by atoms with Crippen LogP contribution in [0.4, 0.5) is 0 Å². The summed E-state index contributed by atoms with van der Waals surface area (Å²) in [4.78, 5) is 25.9. The van der Waals surface area contributed by atoms with Crippen LogP contribution in [0, 0.1) is 5.92 Å².